The van der Waals surface area contributed by atoms with Crippen LogP contribution in [0.5, 0.6) is 0 Å². The average molecular weight is 295 g/mol. The predicted molar refractivity (Wildman–Crippen MR) is 72.9 cm³/mol. The Morgan fingerprint density at radius 2 is 1.67 bits per heavy atom. The van der Waals surface area contributed by atoms with E-state index < -0.39 is 15.1 Å². The van der Waals surface area contributed by atoms with Gasteiger partial charge in [0.05, 0.1) is 19.0 Å². The minimum atomic E-state index is -1.87. The summed E-state index contributed by atoms with van der Waals surface area (Å²) in [6, 6.07) is 5.26. The van der Waals surface area contributed by atoms with Gasteiger partial charge in [0.25, 0.3) is 0 Å². The number of hydrogen-bond donors (Lipinski definition) is 2. The molecule has 0 radical (unpaired) electrons. The van der Waals surface area contributed by atoms with Crippen LogP contribution in [0.2, 0.25) is 0 Å². The van der Waals surface area contributed by atoms with Gasteiger partial charge in [-0.1, -0.05) is 10.7 Å². The van der Waals surface area contributed by atoms with Gasteiger partial charge in [0.1, 0.15) is 5.82 Å². The highest BCUT2D eigenvalue weighted by molar-refractivity contribution is 8.51. The lowest BCUT2D eigenvalue weighted by molar-refractivity contribution is 0.102. The largest absolute Gasteiger partial charge is 0.396 e. The number of aliphatic hydroxyl groups excluding tert-OH is 2. The zero-order valence-corrected chi connectivity index (χ0v) is 11.4. The number of carbonyl (C=O) groups excluding carboxylic acids is 1. The van der Waals surface area contributed by atoms with E-state index in [4.69, 9.17) is 20.9 Å². The molecule has 0 atom stereocenters. The van der Waals surface area contributed by atoms with E-state index in [1.807, 2.05) is 0 Å². The summed E-state index contributed by atoms with van der Waals surface area (Å²) in [6.45, 7) is -0.231. The first-order chi connectivity index (χ1) is 8.50. The number of aliphatic hydroxyl groups is 2. The topological polar surface area (TPSA) is 57.5 Å². The Labute approximate surface area is 111 Å². The minimum Gasteiger partial charge on any atom is -0.396 e. The Morgan fingerprint density at radius 3 is 2.11 bits per heavy atom. The van der Waals surface area contributed by atoms with Crippen molar-refractivity contribution >= 4 is 25.7 Å². The van der Waals surface area contributed by atoms with E-state index in [1.165, 1.54) is 24.3 Å². The summed E-state index contributed by atoms with van der Waals surface area (Å²) in [5, 5.41) is 17.9. The Hall–Kier alpha value is -0.620. The van der Waals surface area contributed by atoms with Crippen LogP contribution in [0.4, 0.5) is 4.39 Å². The molecule has 0 bridgehead atoms. The minimum absolute atomic E-state index is 0.0846. The highest BCUT2D eigenvalue weighted by atomic mass is 35.7. The Balaban J connectivity index is 2.74. The van der Waals surface area contributed by atoms with Crippen LogP contribution in [0, 0.1) is 5.82 Å². The van der Waals surface area contributed by atoms with Crippen LogP contribution in [0.15, 0.2) is 24.3 Å². The van der Waals surface area contributed by atoms with Crippen molar-refractivity contribution in [3.8, 4) is 0 Å². The molecule has 1 aromatic rings. The number of Topliss-reactive ketones (excluding diaryl/α,β-unsaturated/α-hetero) is 1. The molecule has 0 aliphatic rings. The van der Waals surface area contributed by atoms with Gasteiger partial charge < -0.3 is 10.2 Å². The summed E-state index contributed by atoms with van der Waals surface area (Å²) < 4.78 is 12.7. The molecule has 0 aliphatic carbocycles. The molecule has 3 nitrogen and oxygen atoms in total. The van der Waals surface area contributed by atoms with Crippen LogP contribution < -0.4 is 0 Å². The van der Waals surface area contributed by atoms with Gasteiger partial charge in [-0.25, -0.2) is 4.39 Å². The van der Waals surface area contributed by atoms with E-state index in [1.54, 1.807) is 0 Å². The van der Waals surface area contributed by atoms with E-state index in [9.17, 15) is 9.18 Å². The van der Waals surface area contributed by atoms with Crippen molar-refractivity contribution in [2.24, 2.45) is 0 Å². The predicted octanol–water partition coefficient (Wildman–Crippen LogP) is 1.95. The lowest BCUT2D eigenvalue weighted by Gasteiger charge is -2.30. The van der Waals surface area contributed by atoms with Gasteiger partial charge in [0, 0.05) is 17.1 Å². The van der Waals surface area contributed by atoms with Gasteiger partial charge >= 0.3 is 0 Å². The third-order valence-electron chi connectivity index (χ3n) is 2.47. The summed E-state index contributed by atoms with van der Waals surface area (Å²) in [4.78, 5) is 12.0. The van der Waals surface area contributed by atoms with Crippen LogP contribution >= 0.6 is 19.9 Å². The standard InChI is InChI=1S/C12H16ClFO3S/c13-18(7-5-15,8-6-16)9-12(17)10-1-3-11(14)4-2-10/h1-4,15-16H,5-9H2. The smallest absolute Gasteiger partial charge is 0.172 e. The number of rotatable bonds is 7. The molecular formula is C12H16ClFO3S. The SMILES string of the molecule is O=C(CS(Cl)(CCO)CCO)c1ccc(F)cc1. The molecule has 102 valence electrons. The molecule has 0 unspecified atom stereocenters. The molecule has 0 fully saturated rings. The number of benzene rings is 1. The number of ketones is 1. The van der Waals surface area contributed by atoms with E-state index in [0.29, 0.717) is 17.1 Å². The van der Waals surface area contributed by atoms with Crippen LogP contribution in [0.1, 0.15) is 10.4 Å². The fourth-order valence-electron chi connectivity index (χ4n) is 1.53. The molecule has 0 spiro atoms. The van der Waals surface area contributed by atoms with Gasteiger partial charge in [-0.2, -0.15) is 9.24 Å². The summed E-state index contributed by atoms with van der Waals surface area (Å²) in [6.07, 6.45) is 0. The Bertz CT molecular complexity index is 391. The molecule has 2 N–H and O–H groups in total. The molecular weight excluding hydrogens is 279 g/mol. The van der Waals surface area contributed by atoms with Crippen molar-refractivity contribution in [3.05, 3.63) is 35.6 Å². The highest BCUT2D eigenvalue weighted by Gasteiger charge is 2.24. The molecule has 6 heteroatoms. The van der Waals surface area contributed by atoms with Crippen molar-refractivity contribution in [2.75, 3.05) is 30.5 Å². The first kappa shape index (κ1) is 15.4. The monoisotopic (exact) mass is 294 g/mol. The number of carbonyl (C=O) groups is 1. The van der Waals surface area contributed by atoms with Gasteiger partial charge in [0.15, 0.2) is 5.78 Å². The number of halogens is 2. The van der Waals surface area contributed by atoms with Crippen LogP contribution in [-0.4, -0.2) is 46.5 Å². The van der Waals surface area contributed by atoms with Gasteiger partial charge in [-0.3, -0.25) is 4.79 Å². The number of hydrogen-bond acceptors (Lipinski definition) is 3. The Kier molecular flexibility index (Phi) is 6.08. The molecule has 0 aliphatic heterocycles. The van der Waals surface area contributed by atoms with Crippen molar-refractivity contribution < 1.29 is 19.4 Å². The third kappa shape index (κ3) is 4.57. The van der Waals surface area contributed by atoms with E-state index in [2.05, 4.69) is 0 Å². The van der Waals surface area contributed by atoms with E-state index in [-0.39, 0.29) is 24.7 Å². The molecule has 1 aromatic carbocycles. The zero-order chi connectivity index (χ0) is 13.6. The second kappa shape index (κ2) is 7.09. The maximum absolute atomic E-state index is 12.7. The van der Waals surface area contributed by atoms with Crippen LogP contribution in [-0.2, 0) is 0 Å². The molecule has 0 aromatic heterocycles. The Morgan fingerprint density at radius 1 is 1.17 bits per heavy atom. The highest BCUT2D eigenvalue weighted by Crippen LogP contribution is 2.52. The quantitative estimate of drug-likeness (QED) is 0.756. The lowest BCUT2D eigenvalue weighted by Crippen LogP contribution is -2.19. The summed E-state index contributed by atoms with van der Waals surface area (Å²) >= 11 is 0. The third-order valence-corrected chi connectivity index (χ3v) is 6.33. The molecule has 0 amide bonds. The van der Waals surface area contributed by atoms with Crippen LogP contribution in [0.25, 0.3) is 0 Å². The van der Waals surface area contributed by atoms with Crippen molar-refractivity contribution in [1.29, 1.82) is 0 Å². The summed E-state index contributed by atoms with van der Waals surface area (Å²) in [5.41, 5.74) is 0.393. The average Bonchev–Trinajstić information content (AvgIpc) is 2.30. The maximum Gasteiger partial charge on any atom is 0.172 e. The molecule has 18 heavy (non-hydrogen) atoms. The first-order valence-corrected chi connectivity index (χ1v) is 8.44. The lowest BCUT2D eigenvalue weighted by atomic mass is 10.1. The fraction of sp³-hybridized carbons (Fsp3) is 0.417. The summed E-state index contributed by atoms with van der Waals surface area (Å²) in [7, 11) is 4.42. The van der Waals surface area contributed by atoms with E-state index in [0.717, 1.165) is 0 Å². The molecule has 0 saturated heterocycles. The second-order valence-corrected chi connectivity index (χ2v) is 8.82. The second-order valence-electron chi connectivity index (χ2n) is 3.87. The zero-order valence-electron chi connectivity index (χ0n) is 9.81. The van der Waals surface area contributed by atoms with Gasteiger partial charge in [-0.05, 0) is 24.3 Å². The first-order valence-electron chi connectivity index (χ1n) is 5.47. The summed E-state index contributed by atoms with van der Waals surface area (Å²) in [5.74, 6) is 0.106. The van der Waals surface area contributed by atoms with Gasteiger partial charge in [-0.15, -0.1) is 0 Å². The maximum atomic E-state index is 12.7. The van der Waals surface area contributed by atoms with Crippen LogP contribution in [0.3, 0.4) is 0 Å². The van der Waals surface area contributed by atoms with Crippen molar-refractivity contribution in [2.45, 2.75) is 0 Å². The van der Waals surface area contributed by atoms with E-state index >= 15 is 0 Å². The van der Waals surface area contributed by atoms with Crippen molar-refractivity contribution in [3.63, 3.8) is 0 Å². The molecule has 0 saturated carbocycles. The van der Waals surface area contributed by atoms with Crippen molar-refractivity contribution in [1.82, 2.24) is 0 Å². The van der Waals surface area contributed by atoms with Gasteiger partial charge in [0.2, 0.25) is 0 Å². The fourth-order valence-corrected chi connectivity index (χ4v) is 4.02. The normalized spacial score (nSPS) is 12.4. The molecule has 0 heterocycles. The molecule has 1 rings (SSSR count).